The van der Waals surface area contributed by atoms with E-state index >= 15 is 0 Å². The van der Waals surface area contributed by atoms with Crippen LogP contribution < -0.4 is 11.1 Å². The molecule has 1 aliphatic rings. The number of halogens is 1. The lowest BCUT2D eigenvalue weighted by Crippen LogP contribution is -2.33. The molecule has 3 nitrogen and oxygen atoms in total. The van der Waals surface area contributed by atoms with Gasteiger partial charge in [0, 0.05) is 12.5 Å². The highest BCUT2D eigenvalue weighted by atomic mass is 19.1. The molecule has 1 aromatic rings. The Morgan fingerprint density at radius 2 is 2.14 bits per heavy atom. The van der Waals surface area contributed by atoms with Gasteiger partial charge in [0.05, 0.1) is 6.04 Å². The van der Waals surface area contributed by atoms with E-state index < -0.39 is 0 Å². The first kappa shape index (κ1) is 16.0. The van der Waals surface area contributed by atoms with E-state index in [1.165, 1.54) is 25.0 Å². The zero-order chi connectivity index (χ0) is 15.2. The molecule has 4 heteroatoms. The number of nitrogens with two attached hydrogens (primary N) is 1. The molecule has 0 radical (unpaired) electrons. The molecule has 0 aromatic heterocycles. The molecule has 3 N–H and O–H groups in total. The van der Waals surface area contributed by atoms with Gasteiger partial charge in [-0.15, -0.1) is 0 Å². The van der Waals surface area contributed by atoms with Crippen LogP contribution in [-0.4, -0.2) is 11.9 Å². The molecule has 21 heavy (non-hydrogen) atoms. The maximum Gasteiger partial charge on any atom is 0.220 e. The van der Waals surface area contributed by atoms with Crippen LogP contribution in [0.2, 0.25) is 0 Å². The Hall–Kier alpha value is -1.42. The van der Waals surface area contributed by atoms with Crippen molar-refractivity contribution in [3.8, 4) is 0 Å². The van der Waals surface area contributed by atoms with Gasteiger partial charge in [-0.3, -0.25) is 4.79 Å². The smallest absolute Gasteiger partial charge is 0.220 e. The summed E-state index contributed by atoms with van der Waals surface area (Å²) in [5.41, 5.74) is 6.57. The van der Waals surface area contributed by atoms with Crippen LogP contribution in [0, 0.1) is 11.7 Å². The summed E-state index contributed by atoms with van der Waals surface area (Å²) in [5.74, 6) is 0.167. The van der Waals surface area contributed by atoms with Gasteiger partial charge in [0.1, 0.15) is 5.82 Å². The van der Waals surface area contributed by atoms with Crippen molar-refractivity contribution in [2.75, 3.05) is 0 Å². The minimum absolute atomic E-state index is 0.00783. The molecule has 1 aromatic carbocycles. The average molecular weight is 292 g/mol. The molecule has 116 valence electrons. The van der Waals surface area contributed by atoms with Gasteiger partial charge in [-0.25, -0.2) is 4.39 Å². The molecule has 1 saturated carbocycles. The first-order valence-corrected chi connectivity index (χ1v) is 7.86. The fourth-order valence-electron chi connectivity index (χ4n) is 3.07. The fraction of sp³-hybridized carbons (Fsp3) is 0.588. The van der Waals surface area contributed by atoms with E-state index in [-0.39, 0.29) is 23.8 Å². The fourth-order valence-corrected chi connectivity index (χ4v) is 3.07. The van der Waals surface area contributed by atoms with E-state index in [2.05, 4.69) is 5.32 Å². The second kappa shape index (κ2) is 7.55. The van der Waals surface area contributed by atoms with Gasteiger partial charge >= 0.3 is 0 Å². The van der Waals surface area contributed by atoms with Crippen molar-refractivity contribution < 1.29 is 9.18 Å². The summed E-state index contributed by atoms with van der Waals surface area (Å²) in [4.78, 5) is 12.1. The highest BCUT2D eigenvalue weighted by Crippen LogP contribution is 2.36. The van der Waals surface area contributed by atoms with Gasteiger partial charge in [0.15, 0.2) is 0 Å². The van der Waals surface area contributed by atoms with Crippen molar-refractivity contribution in [1.29, 1.82) is 0 Å². The molecule has 0 heterocycles. The Balaban J connectivity index is 2.07. The molecule has 2 unspecified atom stereocenters. The van der Waals surface area contributed by atoms with Crippen molar-refractivity contribution in [2.24, 2.45) is 11.7 Å². The quantitative estimate of drug-likeness (QED) is 0.845. The van der Waals surface area contributed by atoms with Crippen LogP contribution in [0.4, 0.5) is 4.39 Å². The van der Waals surface area contributed by atoms with E-state index in [1.54, 1.807) is 6.07 Å². The van der Waals surface area contributed by atoms with Crippen LogP contribution in [0.15, 0.2) is 24.3 Å². The van der Waals surface area contributed by atoms with Crippen molar-refractivity contribution in [2.45, 2.75) is 57.5 Å². The van der Waals surface area contributed by atoms with Gasteiger partial charge in [-0.05, 0) is 49.8 Å². The molecule has 0 saturated heterocycles. The zero-order valence-corrected chi connectivity index (χ0v) is 12.6. The standard InChI is InChI=1S/C17H25FN2O/c1-12(19)9-10-16(21)20-17(13-5-2-3-6-13)14-7-4-8-15(18)11-14/h4,7-8,11-13,17H,2-3,5-6,9-10,19H2,1H3,(H,20,21). The minimum Gasteiger partial charge on any atom is -0.349 e. The van der Waals surface area contributed by atoms with Crippen LogP contribution in [0.3, 0.4) is 0 Å². The number of amides is 1. The predicted octanol–water partition coefficient (Wildman–Crippen LogP) is 3.30. The van der Waals surface area contributed by atoms with Crippen LogP contribution in [-0.2, 0) is 4.79 Å². The first-order chi connectivity index (χ1) is 10.1. The molecule has 1 amide bonds. The van der Waals surface area contributed by atoms with Gasteiger partial charge in [-0.1, -0.05) is 25.0 Å². The largest absolute Gasteiger partial charge is 0.349 e. The third kappa shape index (κ3) is 4.81. The lowest BCUT2D eigenvalue weighted by atomic mass is 9.91. The molecule has 0 bridgehead atoms. The van der Waals surface area contributed by atoms with Crippen molar-refractivity contribution >= 4 is 5.91 Å². The Kier molecular flexibility index (Phi) is 5.74. The lowest BCUT2D eigenvalue weighted by Gasteiger charge is -2.25. The highest BCUT2D eigenvalue weighted by molar-refractivity contribution is 5.76. The molecule has 0 aliphatic heterocycles. The molecule has 1 fully saturated rings. The predicted molar refractivity (Wildman–Crippen MR) is 82.1 cm³/mol. The number of nitrogens with one attached hydrogen (secondary N) is 1. The van der Waals surface area contributed by atoms with Crippen molar-refractivity contribution in [3.63, 3.8) is 0 Å². The highest BCUT2D eigenvalue weighted by Gasteiger charge is 2.27. The molecular formula is C17H25FN2O. The van der Waals surface area contributed by atoms with Gasteiger partial charge < -0.3 is 11.1 Å². The lowest BCUT2D eigenvalue weighted by molar-refractivity contribution is -0.122. The summed E-state index contributed by atoms with van der Waals surface area (Å²) in [6.07, 6.45) is 5.66. The van der Waals surface area contributed by atoms with E-state index in [0.29, 0.717) is 18.8 Å². The number of carbonyl (C=O) groups excluding carboxylic acids is 1. The Labute approximate surface area is 126 Å². The number of rotatable bonds is 6. The molecule has 0 spiro atoms. The SMILES string of the molecule is CC(N)CCC(=O)NC(c1cccc(F)c1)C1CCCC1. The summed E-state index contributed by atoms with van der Waals surface area (Å²) in [7, 11) is 0. The van der Waals surface area contributed by atoms with Crippen molar-refractivity contribution in [3.05, 3.63) is 35.6 Å². The van der Waals surface area contributed by atoms with Gasteiger partial charge in [0.2, 0.25) is 5.91 Å². The molecule has 2 rings (SSSR count). The summed E-state index contributed by atoms with van der Waals surface area (Å²) in [6.45, 7) is 1.90. The topological polar surface area (TPSA) is 55.1 Å². The van der Waals surface area contributed by atoms with E-state index in [9.17, 15) is 9.18 Å². The summed E-state index contributed by atoms with van der Waals surface area (Å²) in [5, 5.41) is 3.10. The van der Waals surface area contributed by atoms with Gasteiger partial charge in [-0.2, -0.15) is 0 Å². The van der Waals surface area contributed by atoms with E-state index in [1.807, 2.05) is 13.0 Å². The monoisotopic (exact) mass is 292 g/mol. The van der Waals surface area contributed by atoms with Crippen molar-refractivity contribution in [1.82, 2.24) is 5.32 Å². The minimum atomic E-state index is -0.250. The normalized spacial score (nSPS) is 18.4. The van der Waals surface area contributed by atoms with E-state index in [4.69, 9.17) is 5.73 Å². The number of hydrogen-bond acceptors (Lipinski definition) is 2. The summed E-state index contributed by atoms with van der Waals surface area (Å²) >= 11 is 0. The van der Waals surface area contributed by atoms with Gasteiger partial charge in [0.25, 0.3) is 0 Å². The van der Waals surface area contributed by atoms with Crippen LogP contribution in [0.25, 0.3) is 0 Å². The molecule has 1 aliphatic carbocycles. The third-order valence-corrected chi connectivity index (χ3v) is 4.22. The second-order valence-corrected chi connectivity index (χ2v) is 6.16. The number of carbonyl (C=O) groups is 1. The Bertz CT molecular complexity index is 470. The third-order valence-electron chi connectivity index (χ3n) is 4.22. The second-order valence-electron chi connectivity index (χ2n) is 6.16. The Morgan fingerprint density at radius 3 is 2.76 bits per heavy atom. The molecular weight excluding hydrogens is 267 g/mol. The number of hydrogen-bond donors (Lipinski definition) is 2. The molecule has 2 atom stereocenters. The maximum absolute atomic E-state index is 13.5. The average Bonchev–Trinajstić information content (AvgIpc) is 2.96. The number of benzene rings is 1. The van der Waals surface area contributed by atoms with Crippen LogP contribution in [0.1, 0.15) is 57.1 Å². The van der Waals surface area contributed by atoms with Crippen LogP contribution in [0.5, 0.6) is 0 Å². The van der Waals surface area contributed by atoms with Crippen LogP contribution >= 0.6 is 0 Å². The first-order valence-electron chi connectivity index (χ1n) is 7.86. The summed E-state index contributed by atoms with van der Waals surface area (Å²) in [6, 6.07) is 6.53. The van der Waals surface area contributed by atoms with E-state index in [0.717, 1.165) is 18.4 Å². The maximum atomic E-state index is 13.5. The summed E-state index contributed by atoms with van der Waals surface area (Å²) < 4.78 is 13.5. The Morgan fingerprint density at radius 1 is 1.43 bits per heavy atom. The zero-order valence-electron chi connectivity index (χ0n) is 12.6.